The van der Waals surface area contributed by atoms with E-state index >= 15 is 0 Å². The molecule has 0 aliphatic rings. The highest BCUT2D eigenvalue weighted by Gasteiger charge is 2.24. The fraction of sp³-hybridized carbons (Fsp3) is 0.240. The van der Waals surface area contributed by atoms with Gasteiger partial charge in [0.25, 0.3) is 0 Å². The maximum atomic E-state index is 12.9. The summed E-state index contributed by atoms with van der Waals surface area (Å²) in [6.45, 7) is 5.72. The van der Waals surface area contributed by atoms with Gasteiger partial charge >= 0.3 is 0 Å². The Kier molecular flexibility index (Phi) is 7.38. The number of aromatic nitrogens is 1. The molecule has 3 rings (SSSR count). The van der Waals surface area contributed by atoms with E-state index in [1.807, 2.05) is 63.2 Å². The predicted molar refractivity (Wildman–Crippen MR) is 121 cm³/mol. The zero-order chi connectivity index (χ0) is 22.2. The molecule has 3 aromatic rings. The molecule has 1 unspecified atom stereocenters. The maximum absolute atomic E-state index is 12.9. The summed E-state index contributed by atoms with van der Waals surface area (Å²) in [6.07, 6.45) is 3.55. The van der Waals surface area contributed by atoms with Crippen molar-refractivity contribution in [2.45, 2.75) is 33.2 Å². The monoisotopic (exact) mass is 417 g/mol. The number of benzene rings is 2. The summed E-state index contributed by atoms with van der Waals surface area (Å²) >= 11 is 0. The van der Waals surface area contributed by atoms with Crippen molar-refractivity contribution in [3.05, 3.63) is 84.2 Å². The first kappa shape index (κ1) is 22.0. The summed E-state index contributed by atoms with van der Waals surface area (Å²) in [5, 5.41) is 5.76. The first-order valence-electron chi connectivity index (χ1n) is 10.2. The van der Waals surface area contributed by atoms with Crippen LogP contribution >= 0.6 is 0 Å². The van der Waals surface area contributed by atoms with E-state index in [1.165, 1.54) is 0 Å². The van der Waals surface area contributed by atoms with Crippen molar-refractivity contribution >= 4 is 17.5 Å². The lowest BCUT2D eigenvalue weighted by molar-refractivity contribution is -0.127. The average Bonchev–Trinajstić information content (AvgIpc) is 2.75. The summed E-state index contributed by atoms with van der Waals surface area (Å²) in [5.74, 6) is 0.827. The van der Waals surface area contributed by atoms with Crippen LogP contribution in [0.1, 0.15) is 25.0 Å². The fourth-order valence-corrected chi connectivity index (χ4v) is 3.14. The number of amides is 2. The van der Waals surface area contributed by atoms with E-state index in [0.29, 0.717) is 17.2 Å². The largest absolute Gasteiger partial charge is 0.455 e. The second-order valence-corrected chi connectivity index (χ2v) is 7.71. The van der Waals surface area contributed by atoms with Crippen molar-refractivity contribution < 1.29 is 14.3 Å². The first-order valence-corrected chi connectivity index (χ1v) is 10.2. The van der Waals surface area contributed by atoms with E-state index in [0.717, 1.165) is 11.1 Å². The zero-order valence-electron chi connectivity index (χ0n) is 18.0. The lowest BCUT2D eigenvalue weighted by Crippen LogP contribution is -2.47. The molecule has 160 valence electrons. The van der Waals surface area contributed by atoms with Gasteiger partial charge in [-0.25, -0.2) is 0 Å². The van der Waals surface area contributed by atoms with Gasteiger partial charge in [-0.1, -0.05) is 44.2 Å². The number of rotatable bonds is 8. The highest BCUT2D eigenvalue weighted by molar-refractivity contribution is 5.97. The molecule has 6 nitrogen and oxygen atoms in total. The lowest BCUT2D eigenvalue weighted by Gasteiger charge is -2.22. The van der Waals surface area contributed by atoms with Gasteiger partial charge in [-0.05, 0) is 54.3 Å². The van der Waals surface area contributed by atoms with Gasteiger partial charge < -0.3 is 15.4 Å². The molecule has 2 amide bonds. The molecule has 6 heteroatoms. The second-order valence-electron chi connectivity index (χ2n) is 7.71. The van der Waals surface area contributed by atoms with E-state index in [1.54, 1.807) is 30.6 Å². The summed E-state index contributed by atoms with van der Waals surface area (Å²) in [5.41, 5.74) is 2.42. The quantitative estimate of drug-likeness (QED) is 0.565. The van der Waals surface area contributed by atoms with Crippen LogP contribution < -0.4 is 15.4 Å². The molecule has 2 N–H and O–H groups in total. The predicted octanol–water partition coefficient (Wildman–Crippen LogP) is 4.50. The second kappa shape index (κ2) is 10.4. The van der Waals surface area contributed by atoms with Gasteiger partial charge in [-0.15, -0.1) is 0 Å². The number of anilines is 1. The van der Waals surface area contributed by atoms with Crippen LogP contribution in [0.2, 0.25) is 0 Å². The SMILES string of the molecule is Cc1cc(NC(=O)C(NC(=O)Cc2ccccc2)C(C)C)ccc1Oc1cccnc1. The van der Waals surface area contributed by atoms with Gasteiger partial charge in [0.2, 0.25) is 11.8 Å². The average molecular weight is 418 g/mol. The number of ether oxygens (including phenoxy) is 1. The van der Waals surface area contributed by atoms with Crippen LogP contribution in [0.25, 0.3) is 0 Å². The Hall–Kier alpha value is -3.67. The molecular formula is C25H27N3O3. The summed E-state index contributed by atoms with van der Waals surface area (Å²) in [4.78, 5) is 29.3. The number of hydrogen-bond acceptors (Lipinski definition) is 4. The summed E-state index contributed by atoms with van der Waals surface area (Å²) in [7, 11) is 0. The van der Waals surface area contributed by atoms with Crippen LogP contribution in [0.3, 0.4) is 0 Å². The van der Waals surface area contributed by atoms with Gasteiger partial charge in [-0.3, -0.25) is 14.6 Å². The molecule has 31 heavy (non-hydrogen) atoms. The Morgan fingerprint density at radius 3 is 2.45 bits per heavy atom. The minimum absolute atomic E-state index is 0.0611. The third-order valence-electron chi connectivity index (χ3n) is 4.78. The molecule has 0 spiro atoms. The molecule has 0 bridgehead atoms. The fourth-order valence-electron chi connectivity index (χ4n) is 3.14. The van der Waals surface area contributed by atoms with Gasteiger partial charge in [0.05, 0.1) is 12.6 Å². The smallest absolute Gasteiger partial charge is 0.247 e. The molecule has 0 aliphatic carbocycles. The number of nitrogens with zero attached hydrogens (tertiary/aromatic N) is 1. The highest BCUT2D eigenvalue weighted by atomic mass is 16.5. The summed E-state index contributed by atoms with van der Waals surface area (Å²) in [6, 6.07) is 17.9. The molecule has 0 saturated heterocycles. The van der Waals surface area contributed by atoms with Crippen molar-refractivity contribution in [1.82, 2.24) is 10.3 Å². The lowest BCUT2D eigenvalue weighted by atomic mass is 10.0. The Labute approximate surface area is 182 Å². The molecule has 2 aromatic carbocycles. The topological polar surface area (TPSA) is 80.3 Å². The number of nitrogens with one attached hydrogen (secondary N) is 2. The maximum Gasteiger partial charge on any atom is 0.247 e. The van der Waals surface area contributed by atoms with Gasteiger partial charge in [0.15, 0.2) is 0 Å². The van der Waals surface area contributed by atoms with Crippen LogP contribution in [-0.4, -0.2) is 22.8 Å². The molecular weight excluding hydrogens is 390 g/mol. The molecule has 1 atom stereocenters. The van der Waals surface area contributed by atoms with Crippen LogP contribution in [-0.2, 0) is 16.0 Å². The van der Waals surface area contributed by atoms with Crippen molar-refractivity contribution in [2.24, 2.45) is 5.92 Å². The highest BCUT2D eigenvalue weighted by Crippen LogP contribution is 2.27. The Bertz CT molecular complexity index is 1020. The molecule has 0 fully saturated rings. The Morgan fingerprint density at radius 1 is 1.03 bits per heavy atom. The standard InChI is InChI=1S/C25H27N3O3/c1-17(2)24(28-23(29)15-19-8-5-4-6-9-19)25(30)27-20-11-12-22(18(3)14-20)31-21-10-7-13-26-16-21/h4-14,16-17,24H,15H2,1-3H3,(H,27,30)(H,28,29). The molecule has 1 heterocycles. The van der Waals surface area contributed by atoms with Gasteiger partial charge in [-0.2, -0.15) is 0 Å². The zero-order valence-corrected chi connectivity index (χ0v) is 18.0. The van der Waals surface area contributed by atoms with Crippen LogP contribution in [0.15, 0.2) is 73.1 Å². The van der Waals surface area contributed by atoms with E-state index in [4.69, 9.17) is 4.74 Å². The molecule has 0 radical (unpaired) electrons. The van der Waals surface area contributed by atoms with Crippen LogP contribution in [0.5, 0.6) is 11.5 Å². The van der Waals surface area contributed by atoms with Gasteiger partial charge in [0.1, 0.15) is 17.5 Å². The Balaban J connectivity index is 1.63. The Morgan fingerprint density at radius 2 is 1.81 bits per heavy atom. The normalized spacial score (nSPS) is 11.6. The van der Waals surface area contributed by atoms with Gasteiger partial charge in [0, 0.05) is 11.9 Å². The van der Waals surface area contributed by atoms with Crippen LogP contribution in [0.4, 0.5) is 5.69 Å². The van der Waals surface area contributed by atoms with Crippen LogP contribution in [0, 0.1) is 12.8 Å². The molecule has 0 aliphatic heterocycles. The molecule has 1 aromatic heterocycles. The molecule has 0 saturated carbocycles. The number of pyridine rings is 1. The van der Waals surface area contributed by atoms with Crippen molar-refractivity contribution in [1.29, 1.82) is 0 Å². The minimum Gasteiger partial charge on any atom is -0.455 e. The third-order valence-corrected chi connectivity index (χ3v) is 4.78. The van der Waals surface area contributed by atoms with Crippen molar-refractivity contribution in [3.8, 4) is 11.5 Å². The van der Waals surface area contributed by atoms with Crippen molar-refractivity contribution in [3.63, 3.8) is 0 Å². The first-order chi connectivity index (χ1) is 14.9. The van der Waals surface area contributed by atoms with E-state index in [9.17, 15) is 9.59 Å². The van der Waals surface area contributed by atoms with E-state index in [2.05, 4.69) is 15.6 Å². The summed E-state index contributed by atoms with van der Waals surface area (Å²) < 4.78 is 5.83. The number of carbonyl (C=O) groups excluding carboxylic acids is 2. The van der Waals surface area contributed by atoms with Crippen molar-refractivity contribution in [2.75, 3.05) is 5.32 Å². The number of carbonyl (C=O) groups is 2. The minimum atomic E-state index is -0.636. The van der Waals surface area contributed by atoms with E-state index in [-0.39, 0.29) is 24.2 Å². The number of aryl methyl sites for hydroxylation is 1. The van der Waals surface area contributed by atoms with E-state index < -0.39 is 6.04 Å². The third kappa shape index (κ3) is 6.40. The number of hydrogen-bond donors (Lipinski definition) is 2.